The van der Waals surface area contributed by atoms with Crippen LogP contribution in [0.15, 0.2) is 22.7 Å². The van der Waals surface area contributed by atoms with Gasteiger partial charge in [0, 0.05) is 4.47 Å². The van der Waals surface area contributed by atoms with Gasteiger partial charge in [-0.05, 0) is 29.8 Å². The molecule has 8 heteroatoms. The lowest BCUT2D eigenvalue weighted by atomic mass is 10.3. The van der Waals surface area contributed by atoms with Gasteiger partial charge in [-0.1, -0.05) is 38.9 Å². The Bertz CT molecular complexity index is 575. The van der Waals surface area contributed by atoms with Gasteiger partial charge in [0.15, 0.2) is 0 Å². The number of rotatable bonds is 2. The molecule has 1 aromatic heterocycles. The van der Waals surface area contributed by atoms with E-state index in [1.807, 2.05) is 0 Å². The van der Waals surface area contributed by atoms with E-state index in [1.165, 1.54) is 0 Å². The maximum atomic E-state index is 11.8. The minimum absolute atomic E-state index is 0.186. The molecule has 0 aliphatic rings. The molecule has 17 heavy (non-hydrogen) atoms. The number of carbonyl (C=O) groups is 1. The number of nitrogens with one attached hydrogen (secondary N) is 1. The van der Waals surface area contributed by atoms with Gasteiger partial charge in [0.05, 0.1) is 10.7 Å². The molecule has 0 bridgehead atoms. The Morgan fingerprint density at radius 3 is 2.76 bits per heavy atom. The number of amides is 1. The standard InChI is InChI=1S/C9H4BrCl2N3OS/c10-4-1-2-5(11)6(3-4)13-7(16)8-14-15-9(12)17-8/h1-3H,(H,13,16). The van der Waals surface area contributed by atoms with Crippen LogP contribution in [0.3, 0.4) is 0 Å². The number of benzene rings is 1. The molecule has 0 unspecified atom stereocenters. The van der Waals surface area contributed by atoms with E-state index >= 15 is 0 Å². The van der Waals surface area contributed by atoms with Crippen molar-refractivity contribution in [1.82, 2.24) is 10.2 Å². The summed E-state index contributed by atoms with van der Waals surface area (Å²) in [5.41, 5.74) is 0.498. The molecular weight excluding hydrogens is 349 g/mol. The van der Waals surface area contributed by atoms with Crippen molar-refractivity contribution in [3.8, 4) is 0 Å². The van der Waals surface area contributed by atoms with Crippen molar-refractivity contribution < 1.29 is 4.79 Å². The number of carbonyl (C=O) groups excluding carboxylic acids is 1. The van der Waals surface area contributed by atoms with Crippen molar-refractivity contribution in [3.05, 3.63) is 37.2 Å². The molecule has 1 heterocycles. The second-order valence-electron chi connectivity index (χ2n) is 2.94. The third kappa shape index (κ3) is 3.16. The van der Waals surface area contributed by atoms with Crippen molar-refractivity contribution in [1.29, 1.82) is 0 Å². The molecule has 2 aromatic rings. The Labute approximate surface area is 119 Å². The second kappa shape index (κ2) is 5.30. The van der Waals surface area contributed by atoms with E-state index in [0.717, 1.165) is 15.8 Å². The number of hydrogen-bond donors (Lipinski definition) is 1. The molecule has 0 radical (unpaired) electrons. The highest BCUT2D eigenvalue weighted by Gasteiger charge is 2.13. The summed E-state index contributed by atoms with van der Waals surface area (Å²) in [5.74, 6) is -0.394. The van der Waals surface area contributed by atoms with Gasteiger partial charge in [0.25, 0.3) is 5.91 Å². The monoisotopic (exact) mass is 351 g/mol. The van der Waals surface area contributed by atoms with Gasteiger partial charge in [-0.3, -0.25) is 4.79 Å². The Morgan fingerprint density at radius 1 is 1.35 bits per heavy atom. The number of nitrogens with zero attached hydrogens (tertiary/aromatic N) is 2. The molecule has 1 N–H and O–H groups in total. The maximum absolute atomic E-state index is 11.8. The molecule has 2 rings (SSSR count). The van der Waals surface area contributed by atoms with E-state index in [9.17, 15) is 4.79 Å². The first kappa shape index (κ1) is 12.8. The van der Waals surface area contributed by atoms with Crippen LogP contribution in [0.1, 0.15) is 9.80 Å². The molecule has 0 atom stereocenters. The van der Waals surface area contributed by atoms with Crippen LogP contribution >= 0.6 is 50.5 Å². The molecule has 0 saturated heterocycles. The largest absolute Gasteiger partial charge is 0.318 e. The zero-order chi connectivity index (χ0) is 12.4. The zero-order valence-corrected chi connectivity index (χ0v) is 12.0. The van der Waals surface area contributed by atoms with Gasteiger partial charge in [-0.2, -0.15) is 0 Å². The van der Waals surface area contributed by atoms with Crippen LogP contribution in [0.4, 0.5) is 5.69 Å². The van der Waals surface area contributed by atoms with Crippen molar-refractivity contribution in [3.63, 3.8) is 0 Å². The average Bonchev–Trinajstić information content (AvgIpc) is 2.70. The highest BCUT2D eigenvalue weighted by molar-refractivity contribution is 9.10. The van der Waals surface area contributed by atoms with Crippen LogP contribution in [-0.2, 0) is 0 Å². The first-order chi connectivity index (χ1) is 8.06. The molecular formula is C9H4BrCl2N3OS. The summed E-state index contributed by atoms with van der Waals surface area (Å²) < 4.78 is 1.03. The summed E-state index contributed by atoms with van der Waals surface area (Å²) in [4.78, 5) is 11.8. The van der Waals surface area contributed by atoms with Gasteiger partial charge >= 0.3 is 0 Å². The van der Waals surface area contributed by atoms with E-state index in [1.54, 1.807) is 18.2 Å². The molecule has 0 saturated carbocycles. The van der Waals surface area contributed by atoms with E-state index in [0.29, 0.717) is 10.7 Å². The van der Waals surface area contributed by atoms with E-state index in [2.05, 4.69) is 31.4 Å². The van der Waals surface area contributed by atoms with E-state index < -0.39 is 5.91 Å². The molecule has 0 aliphatic heterocycles. The lowest BCUT2D eigenvalue weighted by molar-refractivity contribution is 0.102. The van der Waals surface area contributed by atoms with E-state index in [-0.39, 0.29) is 9.47 Å². The molecule has 88 valence electrons. The summed E-state index contributed by atoms with van der Waals surface area (Å²) in [6.07, 6.45) is 0. The summed E-state index contributed by atoms with van der Waals surface area (Å²) in [6.45, 7) is 0. The van der Waals surface area contributed by atoms with Crippen molar-refractivity contribution in [2.45, 2.75) is 0 Å². The van der Waals surface area contributed by atoms with Crippen LogP contribution in [0.25, 0.3) is 0 Å². The second-order valence-corrected chi connectivity index (χ2v) is 5.82. The smallest absolute Gasteiger partial charge is 0.286 e. The molecule has 4 nitrogen and oxygen atoms in total. The van der Waals surface area contributed by atoms with Crippen LogP contribution in [-0.4, -0.2) is 16.1 Å². The van der Waals surface area contributed by atoms with Crippen molar-refractivity contribution in [2.24, 2.45) is 0 Å². The van der Waals surface area contributed by atoms with Crippen LogP contribution < -0.4 is 5.32 Å². The Morgan fingerprint density at radius 2 is 2.12 bits per heavy atom. The summed E-state index contributed by atoms with van der Waals surface area (Å²) in [5, 5.41) is 10.4. The molecule has 0 fully saturated rings. The van der Waals surface area contributed by atoms with Gasteiger partial charge in [-0.15, -0.1) is 10.2 Å². The molecule has 0 aliphatic carbocycles. The highest BCUT2D eigenvalue weighted by Crippen LogP contribution is 2.26. The lowest BCUT2D eigenvalue weighted by Crippen LogP contribution is -2.11. The lowest BCUT2D eigenvalue weighted by Gasteiger charge is -2.05. The summed E-state index contributed by atoms with van der Waals surface area (Å²) >= 11 is 15.8. The third-order valence-electron chi connectivity index (χ3n) is 1.77. The first-order valence-corrected chi connectivity index (χ1v) is 6.68. The normalized spacial score (nSPS) is 10.3. The molecule has 0 spiro atoms. The van der Waals surface area contributed by atoms with Crippen LogP contribution in [0.2, 0.25) is 9.49 Å². The average molecular weight is 353 g/mol. The predicted octanol–water partition coefficient (Wildman–Crippen LogP) is 3.86. The van der Waals surface area contributed by atoms with Crippen molar-refractivity contribution >= 4 is 62.1 Å². The van der Waals surface area contributed by atoms with Crippen LogP contribution in [0.5, 0.6) is 0 Å². The highest BCUT2D eigenvalue weighted by atomic mass is 79.9. The topological polar surface area (TPSA) is 54.9 Å². The Balaban J connectivity index is 2.21. The number of aromatic nitrogens is 2. The van der Waals surface area contributed by atoms with Crippen LogP contribution in [0, 0.1) is 0 Å². The number of hydrogen-bond acceptors (Lipinski definition) is 4. The predicted molar refractivity (Wildman–Crippen MR) is 72.0 cm³/mol. The zero-order valence-electron chi connectivity index (χ0n) is 8.08. The molecule has 1 aromatic carbocycles. The van der Waals surface area contributed by atoms with Gasteiger partial charge in [0.1, 0.15) is 0 Å². The third-order valence-corrected chi connectivity index (χ3v) is 3.61. The SMILES string of the molecule is O=C(Nc1cc(Br)ccc1Cl)c1nnc(Cl)s1. The maximum Gasteiger partial charge on any atom is 0.286 e. The fourth-order valence-corrected chi connectivity index (χ4v) is 2.32. The van der Waals surface area contributed by atoms with E-state index in [4.69, 9.17) is 23.2 Å². The molecule has 1 amide bonds. The van der Waals surface area contributed by atoms with Crippen molar-refractivity contribution in [2.75, 3.05) is 5.32 Å². The first-order valence-electron chi connectivity index (χ1n) is 4.31. The minimum atomic E-state index is -0.394. The number of halogens is 3. The summed E-state index contributed by atoms with van der Waals surface area (Å²) in [6, 6.07) is 5.15. The van der Waals surface area contributed by atoms with Gasteiger partial charge < -0.3 is 5.32 Å². The fourth-order valence-electron chi connectivity index (χ4n) is 1.07. The Hall–Kier alpha value is -0.690. The van der Waals surface area contributed by atoms with Gasteiger partial charge in [-0.25, -0.2) is 0 Å². The summed E-state index contributed by atoms with van der Waals surface area (Å²) in [7, 11) is 0. The Kier molecular flexibility index (Phi) is 3.98. The number of anilines is 1. The fraction of sp³-hybridized carbons (Fsp3) is 0. The van der Waals surface area contributed by atoms with Gasteiger partial charge in [0.2, 0.25) is 9.47 Å². The minimum Gasteiger partial charge on any atom is -0.318 e. The quantitative estimate of drug-likeness (QED) is 0.892.